The first-order chi connectivity index (χ1) is 9.89. The Hall–Kier alpha value is -0.430. The summed E-state index contributed by atoms with van der Waals surface area (Å²) in [5.74, 6) is 1.13. The van der Waals surface area contributed by atoms with Gasteiger partial charge in [0.1, 0.15) is 6.42 Å². The molecule has 2 fully saturated rings. The fraction of sp³-hybridized carbons (Fsp3) is 0.929. The van der Waals surface area contributed by atoms with E-state index in [9.17, 15) is 18.0 Å². The van der Waals surface area contributed by atoms with Crippen molar-refractivity contribution in [2.45, 2.75) is 37.9 Å². The topological polar surface area (TPSA) is 32.3 Å². The van der Waals surface area contributed by atoms with E-state index in [1.54, 1.807) is 11.8 Å². The smallest absolute Gasteiger partial charge is 0.351 e. The van der Waals surface area contributed by atoms with Crippen LogP contribution in [0.4, 0.5) is 13.2 Å². The average molecular weight is 324 g/mol. The Morgan fingerprint density at radius 1 is 1.33 bits per heavy atom. The van der Waals surface area contributed by atoms with Crippen molar-refractivity contribution >= 4 is 17.7 Å². The first-order valence-corrected chi connectivity index (χ1v) is 8.86. The second-order valence-corrected chi connectivity index (χ2v) is 7.06. The second kappa shape index (κ2) is 7.22. The van der Waals surface area contributed by atoms with Crippen LogP contribution in [0.3, 0.4) is 0 Å². The number of nitrogens with zero attached hydrogens (tertiary/aromatic N) is 1. The van der Waals surface area contributed by atoms with Crippen LogP contribution in [0.25, 0.3) is 0 Å². The van der Waals surface area contributed by atoms with E-state index in [4.69, 9.17) is 0 Å². The van der Waals surface area contributed by atoms with E-state index < -0.39 is 18.5 Å². The maximum atomic E-state index is 12.3. The molecule has 3 nitrogen and oxygen atoms in total. The fourth-order valence-corrected chi connectivity index (χ4v) is 3.54. The molecule has 1 N–H and O–H groups in total. The van der Waals surface area contributed by atoms with Crippen LogP contribution in [-0.4, -0.2) is 54.7 Å². The summed E-state index contributed by atoms with van der Waals surface area (Å²) in [6, 6.07) is -0.110. The van der Waals surface area contributed by atoms with Gasteiger partial charge in [-0.1, -0.05) is 0 Å². The van der Waals surface area contributed by atoms with Gasteiger partial charge >= 0.3 is 6.18 Å². The summed E-state index contributed by atoms with van der Waals surface area (Å²) < 4.78 is 36.8. The summed E-state index contributed by atoms with van der Waals surface area (Å²) in [4.78, 5) is 13.8. The van der Waals surface area contributed by atoms with Crippen molar-refractivity contribution < 1.29 is 18.0 Å². The molecular weight excluding hydrogens is 301 g/mol. The molecule has 21 heavy (non-hydrogen) atoms. The third-order valence-corrected chi connectivity index (χ3v) is 4.90. The van der Waals surface area contributed by atoms with Crippen molar-refractivity contribution in [3.05, 3.63) is 0 Å². The maximum Gasteiger partial charge on any atom is 0.397 e. The predicted octanol–water partition coefficient (Wildman–Crippen LogP) is 2.52. The normalized spacial score (nSPS) is 27.0. The molecular formula is C14H23F3N2OS. The van der Waals surface area contributed by atoms with Crippen LogP contribution in [0.1, 0.15) is 25.7 Å². The number of alkyl halides is 3. The molecule has 0 spiro atoms. The Balaban J connectivity index is 1.83. The SMILES string of the molecule is CSCCCN1C[C@@H](NC(=O)CC(F)(F)F)[C@H](C2CC2)C1. The van der Waals surface area contributed by atoms with E-state index in [2.05, 4.69) is 16.5 Å². The molecule has 1 heterocycles. The lowest BCUT2D eigenvalue weighted by molar-refractivity contribution is -0.154. The van der Waals surface area contributed by atoms with E-state index in [0.717, 1.165) is 38.1 Å². The second-order valence-electron chi connectivity index (χ2n) is 6.07. The van der Waals surface area contributed by atoms with Crippen molar-refractivity contribution in [3.63, 3.8) is 0 Å². The molecule has 0 radical (unpaired) electrons. The Morgan fingerprint density at radius 2 is 2.05 bits per heavy atom. The zero-order valence-corrected chi connectivity index (χ0v) is 13.1. The van der Waals surface area contributed by atoms with Gasteiger partial charge in [-0.25, -0.2) is 0 Å². The number of hydrogen-bond acceptors (Lipinski definition) is 3. The zero-order valence-electron chi connectivity index (χ0n) is 12.3. The van der Waals surface area contributed by atoms with Crippen LogP contribution in [0.5, 0.6) is 0 Å². The third kappa shape index (κ3) is 5.70. The zero-order chi connectivity index (χ0) is 15.5. The van der Waals surface area contributed by atoms with Gasteiger partial charge in [-0.3, -0.25) is 4.79 Å². The fourth-order valence-electron chi connectivity index (χ4n) is 3.12. The molecule has 1 amide bonds. The molecule has 0 bridgehead atoms. The van der Waals surface area contributed by atoms with E-state index in [0.29, 0.717) is 18.4 Å². The molecule has 7 heteroatoms. The van der Waals surface area contributed by atoms with Crippen LogP contribution in [0, 0.1) is 11.8 Å². The number of thioether (sulfide) groups is 1. The van der Waals surface area contributed by atoms with Gasteiger partial charge in [0, 0.05) is 19.1 Å². The highest BCUT2D eigenvalue weighted by molar-refractivity contribution is 7.98. The van der Waals surface area contributed by atoms with E-state index in [1.807, 2.05) is 0 Å². The van der Waals surface area contributed by atoms with Gasteiger partial charge < -0.3 is 10.2 Å². The molecule has 1 saturated heterocycles. The van der Waals surface area contributed by atoms with Crippen molar-refractivity contribution in [2.75, 3.05) is 31.6 Å². The quantitative estimate of drug-likeness (QED) is 0.731. The standard InChI is InChI=1S/C14H23F3N2OS/c1-21-6-2-5-19-8-11(10-3-4-10)12(9-19)18-13(20)7-14(15,16)17/h10-12H,2-9H2,1H3,(H,18,20)/t11-,12+/m0/s1. The highest BCUT2D eigenvalue weighted by Gasteiger charge is 2.43. The lowest BCUT2D eigenvalue weighted by Gasteiger charge is -2.20. The van der Waals surface area contributed by atoms with Gasteiger partial charge in [-0.2, -0.15) is 24.9 Å². The van der Waals surface area contributed by atoms with Gasteiger partial charge in [-0.15, -0.1) is 0 Å². The van der Waals surface area contributed by atoms with Crippen molar-refractivity contribution in [1.29, 1.82) is 0 Å². The first-order valence-electron chi connectivity index (χ1n) is 7.46. The molecule has 122 valence electrons. The van der Waals surface area contributed by atoms with Crippen LogP contribution in [-0.2, 0) is 4.79 Å². The molecule has 0 aromatic rings. The van der Waals surface area contributed by atoms with Gasteiger partial charge in [0.15, 0.2) is 0 Å². The summed E-state index contributed by atoms with van der Waals surface area (Å²) >= 11 is 1.80. The number of rotatable bonds is 7. The average Bonchev–Trinajstić information content (AvgIpc) is 3.11. The largest absolute Gasteiger partial charge is 0.397 e. The van der Waals surface area contributed by atoms with Crippen LogP contribution in [0.15, 0.2) is 0 Å². The Kier molecular flexibility index (Phi) is 5.82. The summed E-state index contributed by atoms with van der Waals surface area (Å²) in [6.07, 6.45) is -0.341. The molecule has 0 unspecified atom stereocenters. The summed E-state index contributed by atoms with van der Waals surface area (Å²) in [7, 11) is 0. The van der Waals surface area contributed by atoms with E-state index >= 15 is 0 Å². The number of carbonyl (C=O) groups is 1. The van der Waals surface area contributed by atoms with Crippen molar-refractivity contribution in [3.8, 4) is 0 Å². The number of halogens is 3. The summed E-state index contributed by atoms with van der Waals surface area (Å²) in [6.45, 7) is 2.57. The van der Waals surface area contributed by atoms with Gasteiger partial charge in [0.2, 0.25) is 5.91 Å². The Bertz CT molecular complexity index is 361. The number of carbonyl (C=O) groups excluding carboxylic acids is 1. The molecule has 0 aromatic carbocycles. The third-order valence-electron chi connectivity index (χ3n) is 4.20. The minimum Gasteiger partial charge on any atom is -0.351 e. The van der Waals surface area contributed by atoms with E-state index in [-0.39, 0.29) is 6.04 Å². The van der Waals surface area contributed by atoms with Gasteiger partial charge in [0.25, 0.3) is 0 Å². The lowest BCUT2D eigenvalue weighted by Crippen LogP contribution is -2.42. The molecule has 0 aromatic heterocycles. The molecule has 1 aliphatic heterocycles. The Labute approximate surface area is 128 Å². The van der Waals surface area contributed by atoms with Crippen LogP contribution in [0.2, 0.25) is 0 Å². The first kappa shape index (κ1) is 16.9. The van der Waals surface area contributed by atoms with Gasteiger partial charge in [-0.05, 0) is 49.7 Å². The molecule has 2 atom stereocenters. The summed E-state index contributed by atoms with van der Waals surface area (Å²) in [5.41, 5.74) is 0. The maximum absolute atomic E-state index is 12.3. The lowest BCUT2D eigenvalue weighted by atomic mass is 9.98. The monoisotopic (exact) mass is 324 g/mol. The number of hydrogen-bond donors (Lipinski definition) is 1. The molecule has 1 saturated carbocycles. The van der Waals surface area contributed by atoms with Crippen LogP contribution >= 0.6 is 11.8 Å². The van der Waals surface area contributed by atoms with E-state index in [1.165, 1.54) is 0 Å². The summed E-state index contributed by atoms with van der Waals surface area (Å²) in [5, 5.41) is 2.62. The van der Waals surface area contributed by atoms with Crippen molar-refractivity contribution in [1.82, 2.24) is 10.2 Å². The minimum absolute atomic E-state index is 0.110. The number of likely N-dealkylation sites (tertiary alicyclic amines) is 1. The Morgan fingerprint density at radius 3 is 2.62 bits per heavy atom. The number of nitrogens with one attached hydrogen (secondary N) is 1. The van der Waals surface area contributed by atoms with Crippen molar-refractivity contribution in [2.24, 2.45) is 11.8 Å². The predicted molar refractivity (Wildman–Crippen MR) is 78.3 cm³/mol. The van der Waals surface area contributed by atoms with Gasteiger partial charge in [0.05, 0.1) is 0 Å². The minimum atomic E-state index is -4.42. The van der Waals surface area contributed by atoms with Crippen LogP contribution < -0.4 is 5.32 Å². The molecule has 2 aliphatic rings. The number of amides is 1. The highest BCUT2D eigenvalue weighted by Crippen LogP contribution is 2.41. The molecule has 2 rings (SSSR count). The molecule has 1 aliphatic carbocycles. The highest BCUT2D eigenvalue weighted by atomic mass is 32.2.